The number of nitrogens with zero attached hydrogens (tertiary/aromatic N) is 4. The molecule has 1 aromatic carbocycles. The third-order valence-electron chi connectivity index (χ3n) is 6.28. The average Bonchev–Trinajstić information content (AvgIpc) is 2.68. The largest absolute Gasteiger partial charge is 0.399 e. The van der Waals surface area contributed by atoms with Crippen molar-refractivity contribution in [1.29, 1.82) is 15.8 Å². The topological polar surface area (TPSA) is 141 Å². The fraction of sp³-hybridized carbons (Fsp3) is 0.409. The van der Waals surface area contributed by atoms with Gasteiger partial charge in [0.2, 0.25) is 0 Å². The van der Waals surface area contributed by atoms with Crippen molar-refractivity contribution in [3.63, 3.8) is 0 Å². The molecule has 0 spiro atoms. The van der Waals surface area contributed by atoms with Crippen molar-refractivity contribution in [2.45, 2.75) is 46.0 Å². The smallest absolute Gasteiger partial charge is 0.275 e. The molecule has 0 saturated heterocycles. The van der Waals surface area contributed by atoms with Gasteiger partial charge in [-0.25, -0.2) is 0 Å². The first-order valence-corrected chi connectivity index (χ1v) is 9.43. The lowest BCUT2D eigenvalue weighted by molar-refractivity contribution is -0.386. The summed E-state index contributed by atoms with van der Waals surface area (Å²) in [5.41, 5.74) is 7.80. The Bertz CT molecular complexity index is 1090. The molecule has 1 aromatic rings. The summed E-state index contributed by atoms with van der Waals surface area (Å²) in [6.45, 7) is 5.18. The highest BCUT2D eigenvalue weighted by molar-refractivity contribution is 5.63. The van der Waals surface area contributed by atoms with Gasteiger partial charge in [-0.1, -0.05) is 6.08 Å². The van der Waals surface area contributed by atoms with Crippen LogP contribution < -0.4 is 5.73 Å². The summed E-state index contributed by atoms with van der Waals surface area (Å²) in [5, 5.41) is 41.7. The van der Waals surface area contributed by atoms with Crippen LogP contribution in [0.2, 0.25) is 0 Å². The van der Waals surface area contributed by atoms with E-state index in [4.69, 9.17) is 5.73 Å². The highest BCUT2D eigenvalue weighted by atomic mass is 16.6. The SMILES string of the molecule is Cc1cc(C)c([N+](=O)[O-])c(C)c1[C@@H]1[C@H]2CCCC=C2C(C#N)=C(N)C1(C#N)C#N. The molecule has 0 radical (unpaired) electrons. The Morgan fingerprint density at radius 1 is 1.21 bits per heavy atom. The second-order valence-corrected chi connectivity index (χ2v) is 7.76. The van der Waals surface area contributed by atoms with E-state index in [2.05, 4.69) is 18.2 Å². The molecular weight excluding hydrogens is 366 g/mol. The van der Waals surface area contributed by atoms with Crippen LogP contribution >= 0.6 is 0 Å². The standard InChI is InChI=1S/C22H21N5O2/c1-12-8-13(2)20(27(28)29)14(3)18(12)19-16-7-5-4-6-15(16)17(9-23)21(26)22(19,10-24)11-25/h6,8,16,19H,4-5,7,26H2,1-3H3/t16-,19-/m0/s1. The van der Waals surface area contributed by atoms with Gasteiger partial charge < -0.3 is 5.73 Å². The van der Waals surface area contributed by atoms with Gasteiger partial charge in [0.25, 0.3) is 5.69 Å². The average molecular weight is 387 g/mol. The Labute approximate surface area is 169 Å². The summed E-state index contributed by atoms with van der Waals surface area (Å²) >= 11 is 0. The van der Waals surface area contributed by atoms with Crippen LogP contribution in [0.15, 0.2) is 29.0 Å². The maximum atomic E-state index is 11.7. The molecule has 3 rings (SSSR count). The number of hydrogen-bond acceptors (Lipinski definition) is 6. The predicted octanol–water partition coefficient (Wildman–Crippen LogP) is 4.11. The number of benzene rings is 1. The fourth-order valence-electron chi connectivity index (χ4n) is 5.13. The van der Waals surface area contributed by atoms with Crippen LogP contribution in [0.3, 0.4) is 0 Å². The van der Waals surface area contributed by atoms with Crippen LogP contribution in [0, 0.1) is 76.2 Å². The number of allylic oxidation sites excluding steroid dienone is 4. The molecule has 146 valence electrons. The molecule has 29 heavy (non-hydrogen) atoms. The Morgan fingerprint density at radius 3 is 2.41 bits per heavy atom. The summed E-state index contributed by atoms with van der Waals surface area (Å²) in [6.07, 6.45) is 4.27. The van der Waals surface area contributed by atoms with Crippen LogP contribution in [0.1, 0.15) is 47.4 Å². The maximum Gasteiger partial charge on any atom is 0.275 e. The molecule has 0 unspecified atom stereocenters. The third-order valence-corrected chi connectivity index (χ3v) is 6.28. The van der Waals surface area contributed by atoms with E-state index >= 15 is 0 Å². The van der Waals surface area contributed by atoms with Crippen LogP contribution in [0.25, 0.3) is 0 Å². The summed E-state index contributed by atoms with van der Waals surface area (Å²) in [6, 6.07) is 8.00. The van der Waals surface area contributed by atoms with Gasteiger partial charge in [0, 0.05) is 17.0 Å². The Balaban J connectivity index is 2.46. The first kappa shape index (κ1) is 20.1. The summed E-state index contributed by atoms with van der Waals surface area (Å²) in [7, 11) is 0. The highest BCUT2D eigenvalue weighted by Crippen LogP contribution is 2.57. The Morgan fingerprint density at radius 2 is 1.86 bits per heavy atom. The van der Waals surface area contributed by atoms with E-state index in [1.807, 2.05) is 13.0 Å². The molecule has 0 saturated carbocycles. The number of nitriles is 3. The van der Waals surface area contributed by atoms with Crippen molar-refractivity contribution in [2.75, 3.05) is 0 Å². The van der Waals surface area contributed by atoms with E-state index in [1.165, 1.54) is 0 Å². The summed E-state index contributed by atoms with van der Waals surface area (Å²) < 4.78 is 0. The van der Waals surface area contributed by atoms with Crippen molar-refractivity contribution in [2.24, 2.45) is 17.1 Å². The van der Waals surface area contributed by atoms with E-state index < -0.39 is 16.3 Å². The predicted molar refractivity (Wildman–Crippen MR) is 106 cm³/mol. The minimum absolute atomic E-state index is 0.00894. The normalized spacial score (nSPS) is 22.6. The van der Waals surface area contributed by atoms with Crippen molar-refractivity contribution < 1.29 is 4.92 Å². The van der Waals surface area contributed by atoms with E-state index in [1.54, 1.807) is 19.9 Å². The zero-order valence-corrected chi connectivity index (χ0v) is 16.6. The molecule has 0 fully saturated rings. The maximum absolute atomic E-state index is 11.7. The van der Waals surface area contributed by atoms with Crippen molar-refractivity contribution in [3.8, 4) is 18.2 Å². The lowest BCUT2D eigenvalue weighted by atomic mass is 9.55. The molecule has 0 aliphatic heterocycles. The van der Waals surface area contributed by atoms with Crippen molar-refractivity contribution in [1.82, 2.24) is 0 Å². The van der Waals surface area contributed by atoms with E-state index in [0.717, 1.165) is 24.0 Å². The first-order valence-electron chi connectivity index (χ1n) is 9.43. The van der Waals surface area contributed by atoms with Gasteiger partial charge in [-0.2, -0.15) is 15.8 Å². The fourth-order valence-corrected chi connectivity index (χ4v) is 5.13. The quantitative estimate of drug-likeness (QED) is 0.598. The molecule has 2 N–H and O–H groups in total. The third kappa shape index (κ3) is 2.69. The number of aryl methyl sites for hydroxylation is 2. The number of hydrogen-bond donors (Lipinski definition) is 1. The lowest BCUT2D eigenvalue weighted by Gasteiger charge is -2.44. The molecule has 0 aromatic heterocycles. The monoisotopic (exact) mass is 387 g/mol. The molecular formula is C22H21N5O2. The van der Waals surface area contributed by atoms with Gasteiger partial charge in [-0.05, 0) is 68.7 Å². The molecule has 7 heteroatoms. The lowest BCUT2D eigenvalue weighted by Crippen LogP contribution is -2.43. The van der Waals surface area contributed by atoms with Crippen LogP contribution in [0.4, 0.5) is 5.69 Å². The van der Waals surface area contributed by atoms with Gasteiger partial charge in [-0.15, -0.1) is 0 Å². The molecule has 0 bridgehead atoms. The van der Waals surface area contributed by atoms with Gasteiger partial charge in [0.15, 0.2) is 5.41 Å². The number of nitro groups is 1. The summed E-state index contributed by atoms with van der Waals surface area (Å²) in [5.74, 6) is -0.954. The highest BCUT2D eigenvalue weighted by Gasteiger charge is 2.54. The molecule has 2 atom stereocenters. The van der Waals surface area contributed by atoms with Crippen LogP contribution in [-0.2, 0) is 0 Å². The molecule has 2 aliphatic carbocycles. The first-order chi connectivity index (χ1) is 13.7. The zero-order valence-electron chi connectivity index (χ0n) is 16.6. The minimum Gasteiger partial charge on any atom is -0.399 e. The van der Waals surface area contributed by atoms with Gasteiger partial charge in [-0.3, -0.25) is 10.1 Å². The van der Waals surface area contributed by atoms with Crippen LogP contribution in [-0.4, -0.2) is 4.92 Å². The Hall–Kier alpha value is -3.63. The number of nitro benzene ring substituents is 1. The van der Waals surface area contributed by atoms with Crippen molar-refractivity contribution >= 4 is 5.69 Å². The van der Waals surface area contributed by atoms with E-state index in [0.29, 0.717) is 23.1 Å². The molecule has 2 aliphatic rings. The van der Waals surface area contributed by atoms with E-state index in [-0.39, 0.29) is 22.9 Å². The Kier molecular flexibility index (Phi) is 4.91. The second kappa shape index (κ2) is 7.08. The van der Waals surface area contributed by atoms with Crippen LogP contribution in [0.5, 0.6) is 0 Å². The minimum atomic E-state index is -1.76. The summed E-state index contributed by atoms with van der Waals surface area (Å²) in [4.78, 5) is 11.3. The number of nitrogens with two attached hydrogens (primary N) is 1. The molecule has 7 nitrogen and oxygen atoms in total. The van der Waals surface area contributed by atoms with Crippen molar-refractivity contribution in [3.05, 3.63) is 61.4 Å². The van der Waals surface area contributed by atoms with Gasteiger partial charge >= 0.3 is 0 Å². The molecule has 0 amide bonds. The number of fused-ring (bicyclic) bond motifs is 1. The molecule has 0 heterocycles. The number of rotatable bonds is 2. The zero-order chi connectivity index (χ0) is 21.5. The second-order valence-electron chi connectivity index (χ2n) is 7.76. The van der Waals surface area contributed by atoms with E-state index in [9.17, 15) is 25.9 Å². The van der Waals surface area contributed by atoms with Gasteiger partial charge in [0.05, 0.1) is 28.3 Å². The van der Waals surface area contributed by atoms with Gasteiger partial charge in [0.1, 0.15) is 6.07 Å².